The fourth-order valence-corrected chi connectivity index (χ4v) is 2.11. The van der Waals surface area contributed by atoms with Crippen molar-refractivity contribution in [2.75, 3.05) is 5.73 Å². The Morgan fingerprint density at radius 3 is 2.95 bits per heavy atom. The lowest BCUT2D eigenvalue weighted by Gasteiger charge is -1.99. The summed E-state index contributed by atoms with van der Waals surface area (Å²) >= 11 is 1.39. The highest BCUT2D eigenvalue weighted by Gasteiger charge is 2.12. The van der Waals surface area contributed by atoms with Gasteiger partial charge in [-0.3, -0.25) is 0 Å². The second-order valence-corrected chi connectivity index (χ2v) is 4.49. The maximum absolute atomic E-state index is 5.69. The zero-order valence-electron chi connectivity index (χ0n) is 9.68. The van der Waals surface area contributed by atoms with E-state index in [1.165, 1.54) is 11.8 Å². The number of aromatic nitrogens is 4. The molecule has 8 heteroatoms. The van der Waals surface area contributed by atoms with E-state index in [0.29, 0.717) is 34.1 Å². The molecule has 0 spiro atoms. The monoisotopic (exact) mass is 275 g/mol. The molecule has 3 aromatic rings. The molecule has 0 bridgehead atoms. The van der Waals surface area contributed by atoms with Crippen LogP contribution in [0.15, 0.2) is 44.8 Å². The van der Waals surface area contributed by atoms with Gasteiger partial charge >= 0.3 is 0 Å². The van der Waals surface area contributed by atoms with Gasteiger partial charge in [-0.1, -0.05) is 16.9 Å². The Balaban J connectivity index is 1.70. The minimum absolute atomic E-state index is 0.387. The molecule has 3 rings (SSSR count). The molecule has 0 saturated heterocycles. The van der Waals surface area contributed by atoms with E-state index in [2.05, 4.69) is 20.1 Å². The SMILES string of the molecule is Nc1nccnc1SCc1nc(-c2ccco2)no1. The van der Waals surface area contributed by atoms with E-state index in [-0.39, 0.29) is 0 Å². The highest BCUT2D eigenvalue weighted by Crippen LogP contribution is 2.24. The third kappa shape index (κ3) is 2.58. The molecule has 0 aliphatic carbocycles. The summed E-state index contributed by atoms with van der Waals surface area (Å²) in [4.78, 5) is 12.3. The van der Waals surface area contributed by atoms with Gasteiger partial charge in [0.05, 0.1) is 12.0 Å². The molecule has 0 fully saturated rings. The van der Waals surface area contributed by atoms with E-state index < -0.39 is 0 Å². The summed E-state index contributed by atoms with van der Waals surface area (Å²) in [5.74, 6) is 2.32. The minimum atomic E-state index is 0.387. The average molecular weight is 275 g/mol. The van der Waals surface area contributed by atoms with Gasteiger partial charge in [-0.05, 0) is 12.1 Å². The van der Waals surface area contributed by atoms with E-state index in [4.69, 9.17) is 14.7 Å². The first-order valence-electron chi connectivity index (χ1n) is 5.38. The molecule has 0 amide bonds. The van der Waals surface area contributed by atoms with Crippen LogP contribution in [0.4, 0.5) is 5.82 Å². The topological polar surface area (TPSA) is 104 Å². The molecule has 19 heavy (non-hydrogen) atoms. The fraction of sp³-hybridized carbons (Fsp3) is 0.0909. The second-order valence-electron chi connectivity index (χ2n) is 3.52. The molecular formula is C11H9N5O2S. The largest absolute Gasteiger partial charge is 0.461 e. The zero-order valence-corrected chi connectivity index (χ0v) is 10.5. The van der Waals surface area contributed by atoms with Gasteiger partial charge in [-0.25, -0.2) is 9.97 Å². The third-order valence-corrected chi connectivity index (χ3v) is 3.21. The van der Waals surface area contributed by atoms with Crippen LogP contribution in [0.1, 0.15) is 5.89 Å². The van der Waals surface area contributed by atoms with Crippen molar-refractivity contribution in [2.45, 2.75) is 10.8 Å². The number of thioether (sulfide) groups is 1. The molecule has 0 aromatic carbocycles. The van der Waals surface area contributed by atoms with Gasteiger partial charge in [0, 0.05) is 12.4 Å². The summed E-state index contributed by atoms with van der Waals surface area (Å²) in [6, 6.07) is 3.53. The average Bonchev–Trinajstić information content (AvgIpc) is 3.09. The van der Waals surface area contributed by atoms with Gasteiger partial charge in [-0.2, -0.15) is 4.98 Å². The highest BCUT2D eigenvalue weighted by atomic mass is 32.2. The van der Waals surface area contributed by atoms with E-state index in [1.807, 2.05) is 0 Å². The predicted octanol–water partition coefficient (Wildman–Crippen LogP) is 1.99. The van der Waals surface area contributed by atoms with Crippen LogP contribution in [-0.4, -0.2) is 20.1 Å². The summed E-state index contributed by atoms with van der Waals surface area (Å²) < 4.78 is 10.3. The van der Waals surface area contributed by atoms with Crippen LogP contribution in [0.5, 0.6) is 0 Å². The van der Waals surface area contributed by atoms with Gasteiger partial charge in [0.25, 0.3) is 0 Å². The molecule has 2 N–H and O–H groups in total. The lowest BCUT2D eigenvalue weighted by atomic mass is 10.4. The number of furan rings is 1. The van der Waals surface area contributed by atoms with Gasteiger partial charge in [0.1, 0.15) is 5.03 Å². The Bertz CT molecular complexity index is 667. The van der Waals surface area contributed by atoms with Crippen molar-refractivity contribution in [1.82, 2.24) is 20.1 Å². The second kappa shape index (κ2) is 5.11. The summed E-state index contributed by atoms with van der Waals surface area (Å²) in [6.07, 6.45) is 4.68. The van der Waals surface area contributed by atoms with Crippen LogP contribution in [0.3, 0.4) is 0 Å². The van der Waals surface area contributed by atoms with E-state index in [0.717, 1.165) is 0 Å². The number of hydrogen-bond acceptors (Lipinski definition) is 8. The molecule has 0 atom stereocenters. The Labute approximate surface area is 112 Å². The van der Waals surface area contributed by atoms with Gasteiger partial charge in [0.15, 0.2) is 11.6 Å². The number of anilines is 1. The van der Waals surface area contributed by atoms with Crippen LogP contribution in [0, 0.1) is 0 Å². The number of nitrogens with zero attached hydrogens (tertiary/aromatic N) is 4. The molecule has 3 heterocycles. The third-order valence-electron chi connectivity index (χ3n) is 2.23. The molecule has 0 aliphatic rings. The predicted molar refractivity (Wildman–Crippen MR) is 68.0 cm³/mol. The Morgan fingerprint density at radius 1 is 1.26 bits per heavy atom. The molecule has 0 unspecified atom stereocenters. The molecule has 0 radical (unpaired) electrons. The van der Waals surface area contributed by atoms with Crippen LogP contribution < -0.4 is 5.73 Å². The van der Waals surface area contributed by atoms with Crippen LogP contribution in [0.2, 0.25) is 0 Å². The van der Waals surface area contributed by atoms with Crippen molar-refractivity contribution in [3.8, 4) is 11.6 Å². The van der Waals surface area contributed by atoms with Crippen molar-refractivity contribution in [3.63, 3.8) is 0 Å². The molecule has 96 valence electrons. The first kappa shape index (κ1) is 11.7. The maximum Gasteiger partial charge on any atom is 0.238 e. The standard InChI is InChI=1S/C11H9N5O2S/c12-9-11(14-4-3-13-9)19-6-8-15-10(16-18-8)7-2-1-5-17-7/h1-5H,6H2,(H2,12,13). The van der Waals surface area contributed by atoms with Crippen LogP contribution in [0.25, 0.3) is 11.6 Å². The first-order valence-corrected chi connectivity index (χ1v) is 6.37. The number of nitrogens with two attached hydrogens (primary N) is 1. The minimum Gasteiger partial charge on any atom is -0.461 e. The first-order chi connectivity index (χ1) is 9.33. The Kier molecular flexibility index (Phi) is 3.15. The van der Waals surface area contributed by atoms with Gasteiger partial charge in [-0.15, -0.1) is 0 Å². The van der Waals surface area contributed by atoms with Crippen molar-refractivity contribution >= 4 is 17.6 Å². The molecule has 0 saturated carbocycles. The molecule has 0 aliphatic heterocycles. The normalized spacial score (nSPS) is 10.7. The Morgan fingerprint density at radius 2 is 2.16 bits per heavy atom. The van der Waals surface area contributed by atoms with E-state index >= 15 is 0 Å². The Hall–Kier alpha value is -2.35. The lowest BCUT2D eigenvalue weighted by molar-refractivity contribution is 0.390. The van der Waals surface area contributed by atoms with Gasteiger partial charge in [0.2, 0.25) is 11.7 Å². The van der Waals surface area contributed by atoms with Crippen molar-refractivity contribution < 1.29 is 8.94 Å². The maximum atomic E-state index is 5.69. The summed E-state index contributed by atoms with van der Waals surface area (Å²) in [5, 5.41) is 4.47. The fourth-order valence-electron chi connectivity index (χ4n) is 1.40. The number of nitrogen functional groups attached to an aromatic ring is 1. The molecular weight excluding hydrogens is 266 g/mol. The summed E-state index contributed by atoms with van der Waals surface area (Å²) in [6.45, 7) is 0. The quantitative estimate of drug-likeness (QED) is 0.721. The van der Waals surface area contributed by atoms with Crippen molar-refractivity contribution in [2.24, 2.45) is 0 Å². The zero-order chi connectivity index (χ0) is 13.1. The molecule has 7 nitrogen and oxygen atoms in total. The summed E-state index contributed by atoms with van der Waals surface area (Å²) in [5.41, 5.74) is 5.69. The van der Waals surface area contributed by atoms with Crippen LogP contribution >= 0.6 is 11.8 Å². The van der Waals surface area contributed by atoms with Crippen molar-refractivity contribution in [1.29, 1.82) is 0 Å². The van der Waals surface area contributed by atoms with Crippen LogP contribution in [-0.2, 0) is 5.75 Å². The number of rotatable bonds is 4. The summed E-state index contributed by atoms with van der Waals surface area (Å²) in [7, 11) is 0. The van der Waals surface area contributed by atoms with Crippen molar-refractivity contribution in [3.05, 3.63) is 36.7 Å². The lowest BCUT2D eigenvalue weighted by Crippen LogP contribution is -1.95. The van der Waals surface area contributed by atoms with E-state index in [1.54, 1.807) is 30.8 Å². The number of hydrogen-bond donors (Lipinski definition) is 1. The smallest absolute Gasteiger partial charge is 0.238 e. The highest BCUT2D eigenvalue weighted by molar-refractivity contribution is 7.98. The van der Waals surface area contributed by atoms with E-state index in [9.17, 15) is 0 Å². The molecule has 3 aromatic heterocycles. The van der Waals surface area contributed by atoms with Gasteiger partial charge < -0.3 is 14.7 Å².